The molecule has 0 amide bonds. The smallest absolute Gasteiger partial charge is 0.145 e. The monoisotopic (exact) mass is 808 g/mol. The van der Waals surface area contributed by atoms with E-state index < -0.39 is 0 Å². The van der Waals surface area contributed by atoms with Gasteiger partial charge in [0.25, 0.3) is 0 Å². The molecule has 0 bridgehead atoms. The van der Waals surface area contributed by atoms with Crippen LogP contribution in [-0.4, -0.2) is 9.55 Å². The number of rotatable bonds is 6. The predicted molar refractivity (Wildman–Crippen MR) is 263 cm³/mol. The van der Waals surface area contributed by atoms with Gasteiger partial charge in [0.05, 0.1) is 5.52 Å². The van der Waals surface area contributed by atoms with Crippen LogP contribution in [0.5, 0.6) is 0 Å². The van der Waals surface area contributed by atoms with E-state index in [9.17, 15) is 0 Å². The van der Waals surface area contributed by atoms with E-state index in [4.69, 9.17) is 16.6 Å². The van der Waals surface area contributed by atoms with Crippen LogP contribution in [0.25, 0.3) is 116 Å². The SMILES string of the molecule is Clc1cccc(-c2cccc3c4cccnc4n(-c4ccc(-c5c6ccccc6c(-c6cc(-c7ccccc7)cc(-c7ccc8ccccc8c7)c6)c6ccccc56)cc4)c23)c1. The summed E-state index contributed by atoms with van der Waals surface area (Å²) in [6.07, 6.45) is 1.88. The number of pyridine rings is 1. The summed E-state index contributed by atoms with van der Waals surface area (Å²) >= 11 is 6.55. The minimum atomic E-state index is 0.712. The maximum Gasteiger partial charge on any atom is 0.145 e. The van der Waals surface area contributed by atoms with Crippen LogP contribution in [0.3, 0.4) is 0 Å². The Balaban J connectivity index is 1.06. The number of hydrogen-bond acceptors (Lipinski definition) is 1. The van der Waals surface area contributed by atoms with Gasteiger partial charge in [0, 0.05) is 33.2 Å². The third-order valence-corrected chi connectivity index (χ3v) is 12.7. The molecule has 0 aliphatic rings. The summed E-state index contributed by atoms with van der Waals surface area (Å²) in [5.41, 5.74) is 14.8. The van der Waals surface area contributed by atoms with Crippen LogP contribution in [-0.2, 0) is 0 Å². The van der Waals surface area contributed by atoms with Crippen molar-refractivity contribution in [1.29, 1.82) is 0 Å². The van der Waals surface area contributed by atoms with Crippen molar-refractivity contribution in [3.63, 3.8) is 0 Å². The standard InChI is InChI=1S/C59H37ClN2/c60-47-18-10-17-43(37-47)49-23-11-24-54-55-25-12-32-61-59(55)62(58(49)54)48-30-28-40(29-31-48)56-50-19-6-8-21-52(50)57(53-22-9-7-20-51(53)56)46-35-44(38-13-2-1-3-14-38)34-45(36-46)42-27-26-39-15-4-5-16-41(39)33-42/h1-37H. The molecular formula is C59H37ClN2. The topological polar surface area (TPSA) is 17.8 Å². The molecule has 0 aliphatic carbocycles. The van der Waals surface area contributed by atoms with Gasteiger partial charge in [-0.25, -0.2) is 4.98 Å². The van der Waals surface area contributed by atoms with Crippen LogP contribution >= 0.6 is 11.6 Å². The Labute approximate surface area is 364 Å². The van der Waals surface area contributed by atoms with Crippen LogP contribution < -0.4 is 0 Å². The van der Waals surface area contributed by atoms with Gasteiger partial charge in [-0.2, -0.15) is 0 Å². The van der Waals surface area contributed by atoms with Gasteiger partial charge in [0.15, 0.2) is 0 Å². The first kappa shape index (κ1) is 36.1. The molecule has 2 heterocycles. The second-order valence-corrected chi connectivity index (χ2v) is 16.5. The lowest BCUT2D eigenvalue weighted by molar-refractivity contribution is 1.14. The molecule has 0 spiro atoms. The molecule has 0 atom stereocenters. The summed E-state index contributed by atoms with van der Waals surface area (Å²) < 4.78 is 2.30. The van der Waals surface area contributed by atoms with Gasteiger partial charge >= 0.3 is 0 Å². The van der Waals surface area contributed by atoms with Gasteiger partial charge < -0.3 is 0 Å². The zero-order valence-electron chi connectivity index (χ0n) is 33.6. The van der Waals surface area contributed by atoms with Crippen LogP contribution in [0.1, 0.15) is 0 Å². The van der Waals surface area contributed by atoms with E-state index >= 15 is 0 Å². The van der Waals surface area contributed by atoms with E-state index in [1.807, 2.05) is 30.5 Å². The summed E-state index contributed by atoms with van der Waals surface area (Å²) in [4.78, 5) is 4.95. The Bertz CT molecular complexity index is 3640. The van der Waals surface area contributed by atoms with Crippen molar-refractivity contribution in [2.24, 2.45) is 0 Å². The normalized spacial score (nSPS) is 11.6. The molecule has 62 heavy (non-hydrogen) atoms. The molecule has 290 valence electrons. The number of hydrogen-bond donors (Lipinski definition) is 0. The Morgan fingerprint density at radius 2 is 0.903 bits per heavy atom. The van der Waals surface area contributed by atoms with Gasteiger partial charge in [0.2, 0.25) is 0 Å². The molecule has 0 radical (unpaired) electrons. The second-order valence-electron chi connectivity index (χ2n) is 16.0. The first-order valence-corrected chi connectivity index (χ1v) is 21.4. The van der Waals surface area contributed by atoms with Gasteiger partial charge in [-0.05, 0) is 143 Å². The first-order chi connectivity index (χ1) is 30.7. The number of nitrogens with zero attached hydrogens (tertiary/aromatic N) is 2. The zero-order valence-corrected chi connectivity index (χ0v) is 34.4. The Morgan fingerprint density at radius 3 is 1.63 bits per heavy atom. The van der Waals surface area contributed by atoms with Crippen LogP contribution in [0.4, 0.5) is 0 Å². The first-order valence-electron chi connectivity index (χ1n) is 21.0. The maximum absolute atomic E-state index is 6.55. The van der Waals surface area contributed by atoms with Crippen molar-refractivity contribution >= 4 is 65.9 Å². The number of aromatic nitrogens is 2. The Kier molecular flexibility index (Phi) is 8.58. The fraction of sp³-hybridized carbons (Fsp3) is 0. The fourth-order valence-electron chi connectivity index (χ4n) is 9.67. The molecule has 0 unspecified atom stereocenters. The molecule has 0 saturated heterocycles. The summed E-state index contributed by atoms with van der Waals surface area (Å²) in [7, 11) is 0. The van der Waals surface area contributed by atoms with Gasteiger partial charge in [-0.3, -0.25) is 4.57 Å². The lowest BCUT2D eigenvalue weighted by atomic mass is 9.84. The number of halogens is 1. The van der Waals surface area contributed by atoms with Crippen molar-refractivity contribution in [2.45, 2.75) is 0 Å². The van der Waals surface area contributed by atoms with Gasteiger partial charge in [-0.15, -0.1) is 0 Å². The average molecular weight is 809 g/mol. The molecule has 10 aromatic carbocycles. The van der Waals surface area contributed by atoms with Gasteiger partial charge in [0.1, 0.15) is 5.65 Å². The highest BCUT2D eigenvalue weighted by atomic mass is 35.5. The summed E-state index contributed by atoms with van der Waals surface area (Å²) in [6.45, 7) is 0. The van der Waals surface area contributed by atoms with Crippen molar-refractivity contribution < 1.29 is 0 Å². The minimum Gasteiger partial charge on any atom is -0.293 e. The van der Waals surface area contributed by atoms with E-state index in [0.717, 1.165) is 44.3 Å². The molecule has 3 heteroatoms. The molecule has 0 saturated carbocycles. The molecule has 2 nitrogen and oxygen atoms in total. The average Bonchev–Trinajstić information content (AvgIpc) is 3.68. The third kappa shape index (κ3) is 5.99. The number of fused-ring (bicyclic) bond motifs is 6. The Morgan fingerprint density at radius 1 is 0.339 bits per heavy atom. The summed E-state index contributed by atoms with van der Waals surface area (Å²) in [5, 5.41) is 10.3. The Hall–Kier alpha value is -7.78. The highest BCUT2D eigenvalue weighted by molar-refractivity contribution is 6.31. The maximum atomic E-state index is 6.55. The molecule has 2 aromatic heterocycles. The largest absolute Gasteiger partial charge is 0.293 e. The van der Waals surface area contributed by atoms with E-state index in [0.29, 0.717) is 5.02 Å². The molecule has 12 aromatic rings. The molecular weight excluding hydrogens is 772 g/mol. The third-order valence-electron chi connectivity index (χ3n) is 12.4. The van der Waals surface area contributed by atoms with Gasteiger partial charge in [-0.1, -0.05) is 169 Å². The highest BCUT2D eigenvalue weighted by Gasteiger charge is 2.20. The second kappa shape index (κ2) is 14.7. The van der Waals surface area contributed by atoms with E-state index in [-0.39, 0.29) is 0 Å². The molecule has 0 fully saturated rings. The molecule has 0 N–H and O–H groups in total. The van der Waals surface area contributed by atoms with Crippen molar-refractivity contribution in [2.75, 3.05) is 0 Å². The van der Waals surface area contributed by atoms with Crippen molar-refractivity contribution in [3.05, 3.63) is 230 Å². The van der Waals surface area contributed by atoms with Crippen molar-refractivity contribution in [1.82, 2.24) is 9.55 Å². The number of benzene rings is 10. The predicted octanol–water partition coefficient (Wildman–Crippen LogP) is 16.6. The lowest BCUT2D eigenvalue weighted by Crippen LogP contribution is -1.97. The van der Waals surface area contributed by atoms with E-state index in [2.05, 4.69) is 199 Å². The quantitative estimate of drug-likeness (QED) is 0.153. The highest BCUT2D eigenvalue weighted by Crippen LogP contribution is 2.46. The lowest BCUT2D eigenvalue weighted by Gasteiger charge is -2.19. The molecule has 12 rings (SSSR count). The van der Waals surface area contributed by atoms with Crippen LogP contribution in [0.2, 0.25) is 5.02 Å². The number of para-hydroxylation sites is 1. The molecule has 0 aliphatic heterocycles. The fourth-order valence-corrected chi connectivity index (χ4v) is 9.86. The van der Waals surface area contributed by atoms with Crippen LogP contribution in [0.15, 0.2) is 225 Å². The summed E-state index contributed by atoms with van der Waals surface area (Å²) in [5.74, 6) is 0. The van der Waals surface area contributed by atoms with Crippen molar-refractivity contribution in [3.8, 4) is 61.3 Å². The van der Waals surface area contributed by atoms with Crippen LogP contribution in [0, 0.1) is 0 Å². The minimum absolute atomic E-state index is 0.712. The zero-order chi connectivity index (χ0) is 41.1. The van der Waals surface area contributed by atoms with E-state index in [1.54, 1.807) is 0 Å². The summed E-state index contributed by atoms with van der Waals surface area (Å²) in [6, 6.07) is 78.9. The van der Waals surface area contributed by atoms with E-state index in [1.165, 1.54) is 71.3 Å².